The summed E-state index contributed by atoms with van der Waals surface area (Å²) in [5.74, 6) is -0.0207. The summed E-state index contributed by atoms with van der Waals surface area (Å²) >= 11 is 0. The first-order valence-electron chi connectivity index (χ1n) is 6.71. The lowest BCUT2D eigenvalue weighted by Gasteiger charge is -2.32. The molecular weight excluding hydrogens is 245 g/mol. The number of piperazine rings is 1. The van der Waals surface area contributed by atoms with E-state index in [0.29, 0.717) is 18.9 Å². The predicted octanol–water partition coefficient (Wildman–Crippen LogP) is 0.911. The van der Waals surface area contributed by atoms with Crippen molar-refractivity contribution in [3.63, 3.8) is 0 Å². The Balaban J connectivity index is 1.76. The molecule has 2 N–H and O–H groups in total. The lowest BCUT2D eigenvalue weighted by molar-refractivity contribution is 0.132. The summed E-state index contributed by atoms with van der Waals surface area (Å²) in [5, 5.41) is 0. The summed E-state index contributed by atoms with van der Waals surface area (Å²) < 4.78 is 19.1. The third-order valence-electron chi connectivity index (χ3n) is 3.49. The minimum Gasteiger partial charge on any atom is -0.489 e. The van der Waals surface area contributed by atoms with E-state index in [1.54, 1.807) is 12.1 Å². The predicted molar refractivity (Wildman–Crippen MR) is 73.7 cm³/mol. The molecule has 0 spiro atoms. The molecule has 0 radical (unpaired) electrons. The second-order valence-electron chi connectivity index (χ2n) is 4.96. The van der Waals surface area contributed by atoms with Gasteiger partial charge in [-0.25, -0.2) is 4.39 Å². The summed E-state index contributed by atoms with van der Waals surface area (Å²) in [6.45, 7) is 5.97. The van der Waals surface area contributed by atoms with Crippen LogP contribution in [0.1, 0.15) is 5.56 Å². The van der Waals surface area contributed by atoms with Crippen molar-refractivity contribution in [1.29, 1.82) is 0 Å². The average Bonchev–Trinajstić information content (AvgIpc) is 2.42. The van der Waals surface area contributed by atoms with Crippen molar-refractivity contribution >= 4 is 0 Å². The highest BCUT2D eigenvalue weighted by Gasteiger charge is 2.13. The van der Waals surface area contributed by atoms with Crippen LogP contribution in [0, 0.1) is 5.82 Å². The molecule has 0 aromatic heterocycles. The van der Waals surface area contributed by atoms with Crippen LogP contribution in [-0.4, -0.2) is 56.2 Å². The van der Waals surface area contributed by atoms with Gasteiger partial charge in [-0.3, -0.25) is 4.90 Å². The summed E-state index contributed by atoms with van der Waals surface area (Å²) in [7, 11) is 2.13. The molecule has 0 bridgehead atoms. The molecule has 1 fully saturated rings. The normalized spacial score (nSPS) is 17.6. The Kier molecular flexibility index (Phi) is 5.13. The number of benzene rings is 1. The fourth-order valence-corrected chi connectivity index (χ4v) is 2.14. The van der Waals surface area contributed by atoms with Crippen molar-refractivity contribution in [1.82, 2.24) is 9.80 Å². The quantitative estimate of drug-likeness (QED) is 0.861. The Hall–Kier alpha value is -1.17. The largest absolute Gasteiger partial charge is 0.489 e. The minimum absolute atomic E-state index is 0.311. The number of likely N-dealkylation sites (N-methyl/N-ethyl adjacent to an activating group) is 1. The van der Waals surface area contributed by atoms with Gasteiger partial charge in [0.25, 0.3) is 0 Å². The minimum atomic E-state index is -0.332. The zero-order valence-electron chi connectivity index (χ0n) is 11.4. The van der Waals surface area contributed by atoms with Crippen LogP contribution in [-0.2, 0) is 6.54 Å². The SMILES string of the molecule is CN1CCN(CCOc2ccc(CN)cc2F)CC1. The molecule has 19 heavy (non-hydrogen) atoms. The molecule has 106 valence electrons. The lowest BCUT2D eigenvalue weighted by Crippen LogP contribution is -2.45. The van der Waals surface area contributed by atoms with Crippen LogP contribution < -0.4 is 10.5 Å². The Morgan fingerprint density at radius 3 is 2.63 bits per heavy atom. The third kappa shape index (κ3) is 4.16. The standard InChI is InChI=1S/C14H22FN3O/c1-17-4-6-18(7-5-17)8-9-19-14-3-2-12(11-16)10-13(14)15/h2-3,10H,4-9,11,16H2,1H3. The summed E-state index contributed by atoms with van der Waals surface area (Å²) in [5.41, 5.74) is 6.24. The van der Waals surface area contributed by atoms with Gasteiger partial charge in [0, 0.05) is 39.3 Å². The number of ether oxygens (including phenoxy) is 1. The Bertz CT molecular complexity index is 406. The molecule has 5 heteroatoms. The number of halogens is 1. The van der Waals surface area contributed by atoms with E-state index < -0.39 is 0 Å². The maximum Gasteiger partial charge on any atom is 0.165 e. The summed E-state index contributed by atoms with van der Waals surface area (Å²) in [6, 6.07) is 4.89. The fourth-order valence-electron chi connectivity index (χ4n) is 2.14. The van der Waals surface area contributed by atoms with Crippen LogP contribution in [0.5, 0.6) is 5.75 Å². The molecule has 1 aromatic carbocycles. The first-order valence-corrected chi connectivity index (χ1v) is 6.71. The van der Waals surface area contributed by atoms with E-state index in [9.17, 15) is 4.39 Å². The van der Waals surface area contributed by atoms with E-state index in [4.69, 9.17) is 10.5 Å². The van der Waals surface area contributed by atoms with E-state index in [2.05, 4.69) is 16.8 Å². The molecule has 1 heterocycles. The fraction of sp³-hybridized carbons (Fsp3) is 0.571. The number of hydrogen-bond acceptors (Lipinski definition) is 4. The number of rotatable bonds is 5. The molecule has 1 aliphatic rings. The van der Waals surface area contributed by atoms with E-state index >= 15 is 0 Å². The maximum atomic E-state index is 13.7. The number of hydrogen-bond donors (Lipinski definition) is 1. The van der Waals surface area contributed by atoms with Gasteiger partial charge in [0.2, 0.25) is 0 Å². The molecule has 1 saturated heterocycles. The second-order valence-corrected chi connectivity index (χ2v) is 4.96. The van der Waals surface area contributed by atoms with Gasteiger partial charge in [0.15, 0.2) is 11.6 Å². The molecule has 0 amide bonds. The molecule has 4 nitrogen and oxygen atoms in total. The van der Waals surface area contributed by atoms with Gasteiger partial charge >= 0.3 is 0 Å². The van der Waals surface area contributed by atoms with Crippen molar-refractivity contribution in [3.05, 3.63) is 29.6 Å². The van der Waals surface area contributed by atoms with Gasteiger partial charge < -0.3 is 15.4 Å². The highest BCUT2D eigenvalue weighted by molar-refractivity contribution is 5.29. The molecule has 0 unspecified atom stereocenters. The Morgan fingerprint density at radius 2 is 2.00 bits per heavy atom. The molecule has 0 aliphatic carbocycles. The molecule has 1 aliphatic heterocycles. The van der Waals surface area contributed by atoms with Crippen molar-refractivity contribution in [2.75, 3.05) is 46.4 Å². The molecule has 1 aromatic rings. The van der Waals surface area contributed by atoms with Crippen LogP contribution >= 0.6 is 0 Å². The number of nitrogens with zero attached hydrogens (tertiary/aromatic N) is 2. The number of nitrogens with two attached hydrogens (primary N) is 1. The third-order valence-corrected chi connectivity index (χ3v) is 3.49. The average molecular weight is 267 g/mol. The van der Waals surface area contributed by atoms with Crippen LogP contribution in [0.25, 0.3) is 0 Å². The highest BCUT2D eigenvalue weighted by Crippen LogP contribution is 2.18. The molecule has 0 atom stereocenters. The van der Waals surface area contributed by atoms with E-state index in [-0.39, 0.29) is 5.82 Å². The van der Waals surface area contributed by atoms with Crippen molar-refractivity contribution < 1.29 is 9.13 Å². The topological polar surface area (TPSA) is 41.7 Å². The molecular formula is C14H22FN3O. The van der Waals surface area contributed by atoms with Gasteiger partial charge in [-0.05, 0) is 24.7 Å². The zero-order valence-corrected chi connectivity index (χ0v) is 11.4. The van der Waals surface area contributed by atoms with Gasteiger partial charge in [-0.1, -0.05) is 6.07 Å². The lowest BCUT2D eigenvalue weighted by atomic mass is 10.2. The first kappa shape index (κ1) is 14.2. The first-order chi connectivity index (χ1) is 9.19. The highest BCUT2D eigenvalue weighted by atomic mass is 19.1. The Labute approximate surface area is 113 Å². The summed E-state index contributed by atoms with van der Waals surface area (Å²) in [6.07, 6.45) is 0. The van der Waals surface area contributed by atoms with Gasteiger partial charge in [0.05, 0.1) is 0 Å². The van der Waals surface area contributed by atoms with Crippen molar-refractivity contribution in [2.24, 2.45) is 5.73 Å². The van der Waals surface area contributed by atoms with Crippen LogP contribution in [0.2, 0.25) is 0 Å². The van der Waals surface area contributed by atoms with Crippen LogP contribution in [0.4, 0.5) is 4.39 Å². The van der Waals surface area contributed by atoms with Gasteiger partial charge in [0.1, 0.15) is 6.61 Å². The van der Waals surface area contributed by atoms with E-state index in [1.165, 1.54) is 6.07 Å². The second kappa shape index (κ2) is 6.84. The van der Waals surface area contributed by atoms with Crippen molar-refractivity contribution in [2.45, 2.75) is 6.54 Å². The van der Waals surface area contributed by atoms with Crippen LogP contribution in [0.15, 0.2) is 18.2 Å². The molecule has 2 rings (SSSR count). The maximum absolute atomic E-state index is 13.7. The van der Waals surface area contributed by atoms with Crippen LogP contribution in [0.3, 0.4) is 0 Å². The van der Waals surface area contributed by atoms with Crippen molar-refractivity contribution in [3.8, 4) is 5.75 Å². The Morgan fingerprint density at radius 1 is 1.26 bits per heavy atom. The smallest absolute Gasteiger partial charge is 0.165 e. The molecule has 0 saturated carbocycles. The summed E-state index contributed by atoms with van der Waals surface area (Å²) in [4.78, 5) is 4.65. The van der Waals surface area contributed by atoms with Gasteiger partial charge in [-0.15, -0.1) is 0 Å². The van der Waals surface area contributed by atoms with E-state index in [0.717, 1.165) is 38.3 Å². The van der Waals surface area contributed by atoms with E-state index in [1.807, 2.05) is 0 Å². The monoisotopic (exact) mass is 267 g/mol. The van der Waals surface area contributed by atoms with Gasteiger partial charge in [-0.2, -0.15) is 0 Å². The zero-order chi connectivity index (χ0) is 13.7.